The lowest BCUT2D eigenvalue weighted by Crippen LogP contribution is -2.30. The van der Waals surface area contributed by atoms with E-state index in [-0.39, 0.29) is 11.3 Å². The first-order valence-corrected chi connectivity index (χ1v) is 7.49. The van der Waals surface area contributed by atoms with Crippen LogP contribution in [0.2, 0.25) is 5.02 Å². The molecule has 0 aromatic heterocycles. The highest BCUT2D eigenvalue weighted by atomic mass is 35.5. The number of methoxy groups -OCH3 is 1. The SMILES string of the molecule is COc1ccc(NC(=O)C(C)OC(=O)c2ccc(Cl)c(N)c2)cc1. The molecule has 7 heteroatoms. The van der Waals surface area contributed by atoms with Crippen LogP contribution in [0.15, 0.2) is 42.5 Å². The van der Waals surface area contributed by atoms with E-state index >= 15 is 0 Å². The van der Waals surface area contributed by atoms with E-state index in [0.717, 1.165) is 0 Å². The molecule has 2 aromatic rings. The first-order valence-electron chi connectivity index (χ1n) is 7.11. The minimum Gasteiger partial charge on any atom is -0.497 e. The number of amides is 1. The van der Waals surface area contributed by atoms with Crippen molar-refractivity contribution in [2.24, 2.45) is 0 Å². The van der Waals surface area contributed by atoms with Gasteiger partial charge in [-0.15, -0.1) is 0 Å². The summed E-state index contributed by atoms with van der Waals surface area (Å²) >= 11 is 5.80. The quantitative estimate of drug-likeness (QED) is 0.640. The van der Waals surface area contributed by atoms with Gasteiger partial charge >= 0.3 is 5.97 Å². The summed E-state index contributed by atoms with van der Waals surface area (Å²) in [6.07, 6.45) is -0.975. The summed E-state index contributed by atoms with van der Waals surface area (Å²) in [5.74, 6) is -0.431. The summed E-state index contributed by atoms with van der Waals surface area (Å²) in [5, 5.41) is 3.00. The molecule has 24 heavy (non-hydrogen) atoms. The maximum absolute atomic E-state index is 12.1. The van der Waals surface area contributed by atoms with E-state index in [9.17, 15) is 9.59 Å². The molecular weight excluding hydrogens is 332 g/mol. The molecule has 2 rings (SSSR count). The van der Waals surface area contributed by atoms with Crippen molar-refractivity contribution in [1.82, 2.24) is 0 Å². The Hall–Kier alpha value is -2.73. The number of esters is 1. The maximum atomic E-state index is 12.1. The van der Waals surface area contributed by atoms with Crippen LogP contribution < -0.4 is 15.8 Å². The summed E-state index contributed by atoms with van der Waals surface area (Å²) in [6, 6.07) is 11.2. The van der Waals surface area contributed by atoms with Crippen molar-refractivity contribution in [2.45, 2.75) is 13.0 Å². The monoisotopic (exact) mass is 348 g/mol. The maximum Gasteiger partial charge on any atom is 0.338 e. The Morgan fingerprint density at radius 2 is 1.83 bits per heavy atom. The topological polar surface area (TPSA) is 90.6 Å². The van der Waals surface area contributed by atoms with E-state index in [2.05, 4.69) is 5.32 Å². The number of nitrogens with two attached hydrogens (primary N) is 1. The van der Waals surface area contributed by atoms with Gasteiger partial charge in [-0.25, -0.2) is 4.79 Å². The van der Waals surface area contributed by atoms with Gasteiger partial charge in [0.05, 0.1) is 23.4 Å². The zero-order valence-electron chi connectivity index (χ0n) is 13.2. The Labute approximate surface area is 144 Å². The first kappa shape index (κ1) is 17.6. The standard InChI is InChI=1S/C17H17ClN2O4/c1-10(16(21)20-12-4-6-13(23-2)7-5-12)24-17(22)11-3-8-14(18)15(19)9-11/h3-10H,19H2,1-2H3,(H,20,21). The Bertz CT molecular complexity index is 747. The molecule has 3 N–H and O–H groups in total. The van der Waals surface area contributed by atoms with Crippen molar-refractivity contribution in [2.75, 3.05) is 18.2 Å². The van der Waals surface area contributed by atoms with E-state index in [1.165, 1.54) is 25.1 Å². The number of rotatable bonds is 5. The second kappa shape index (κ2) is 7.70. The number of nitrogen functional groups attached to an aromatic ring is 1. The van der Waals surface area contributed by atoms with Crippen LogP contribution in [0.4, 0.5) is 11.4 Å². The molecule has 0 aliphatic carbocycles. The van der Waals surface area contributed by atoms with Crippen molar-refractivity contribution in [1.29, 1.82) is 0 Å². The number of ether oxygens (including phenoxy) is 2. The average molecular weight is 349 g/mol. The summed E-state index contributed by atoms with van der Waals surface area (Å²) in [5.41, 5.74) is 6.70. The second-order valence-electron chi connectivity index (χ2n) is 5.00. The molecule has 0 spiro atoms. The van der Waals surface area contributed by atoms with Gasteiger partial charge in [0.25, 0.3) is 5.91 Å². The fourth-order valence-corrected chi connectivity index (χ4v) is 1.99. The molecule has 0 saturated heterocycles. The average Bonchev–Trinajstić information content (AvgIpc) is 2.57. The normalized spacial score (nSPS) is 11.5. The van der Waals surface area contributed by atoms with Gasteiger partial charge in [-0.3, -0.25) is 4.79 Å². The van der Waals surface area contributed by atoms with Crippen LogP contribution in [0.1, 0.15) is 17.3 Å². The number of hydrogen-bond donors (Lipinski definition) is 2. The van der Waals surface area contributed by atoms with Crippen LogP contribution in [0, 0.1) is 0 Å². The van der Waals surface area contributed by atoms with E-state index in [1.54, 1.807) is 31.4 Å². The highest BCUT2D eigenvalue weighted by molar-refractivity contribution is 6.33. The van der Waals surface area contributed by atoms with Crippen LogP contribution in [0.5, 0.6) is 5.75 Å². The number of carbonyl (C=O) groups excluding carboxylic acids is 2. The van der Waals surface area contributed by atoms with Gasteiger partial charge in [0.2, 0.25) is 0 Å². The molecule has 0 radical (unpaired) electrons. The zero-order chi connectivity index (χ0) is 17.7. The van der Waals surface area contributed by atoms with Crippen LogP contribution in [0.25, 0.3) is 0 Å². The molecule has 0 heterocycles. The van der Waals surface area contributed by atoms with Crippen LogP contribution >= 0.6 is 11.6 Å². The number of anilines is 2. The Morgan fingerprint density at radius 1 is 1.17 bits per heavy atom. The van der Waals surface area contributed by atoms with Crippen LogP contribution in [0.3, 0.4) is 0 Å². The number of halogens is 1. The third kappa shape index (κ3) is 4.39. The molecule has 1 atom stereocenters. The van der Waals surface area contributed by atoms with E-state index < -0.39 is 18.0 Å². The zero-order valence-corrected chi connectivity index (χ0v) is 14.0. The van der Waals surface area contributed by atoms with E-state index in [4.69, 9.17) is 26.8 Å². The van der Waals surface area contributed by atoms with Crippen molar-refractivity contribution in [3.05, 3.63) is 53.1 Å². The minimum absolute atomic E-state index is 0.223. The highest BCUT2D eigenvalue weighted by Crippen LogP contribution is 2.20. The number of benzene rings is 2. The van der Waals surface area contributed by atoms with Gasteiger partial charge in [-0.2, -0.15) is 0 Å². The molecule has 0 bridgehead atoms. The van der Waals surface area contributed by atoms with E-state index in [1.807, 2.05) is 0 Å². The summed E-state index contributed by atoms with van der Waals surface area (Å²) in [7, 11) is 1.55. The third-order valence-electron chi connectivity index (χ3n) is 3.24. The molecule has 126 valence electrons. The highest BCUT2D eigenvalue weighted by Gasteiger charge is 2.19. The molecule has 0 aliphatic rings. The van der Waals surface area contributed by atoms with Gasteiger partial charge in [0.1, 0.15) is 5.75 Å². The summed E-state index contributed by atoms with van der Waals surface area (Å²) in [6.45, 7) is 1.48. The fraction of sp³-hybridized carbons (Fsp3) is 0.176. The Morgan fingerprint density at radius 3 is 2.42 bits per heavy atom. The van der Waals surface area contributed by atoms with Crippen molar-refractivity contribution >= 4 is 34.9 Å². The third-order valence-corrected chi connectivity index (χ3v) is 3.59. The van der Waals surface area contributed by atoms with Gasteiger partial charge < -0.3 is 20.5 Å². The molecule has 2 aromatic carbocycles. The first-order chi connectivity index (χ1) is 11.4. The van der Waals surface area contributed by atoms with Gasteiger partial charge in [0, 0.05) is 5.69 Å². The lowest BCUT2D eigenvalue weighted by Gasteiger charge is -2.14. The molecule has 1 amide bonds. The number of hydrogen-bond acceptors (Lipinski definition) is 5. The fourth-order valence-electron chi connectivity index (χ4n) is 1.87. The van der Waals surface area contributed by atoms with Gasteiger partial charge in [-0.05, 0) is 49.4 Å². The smallest absolute Gasteiger partial charge is 0.338 e. The van der Waals surface area contributed by atoms with Gasteiger partial charge in [-0.1, -0.05) is 11.6 Å². The van der Waals surface area contributed by atoms with Gasteiger partial charge in [0.15, 0.2) is 6.10 Å². The molecule has 6 nitrogen and oxygen atoms in total. The lowest BCUT2D eigenvalue weighted by atomic mass is 10.2. The summed E-state index contributed by atoms with van der Waals surface area (Å²) < 4.78 is 10.2. The molecule has 0 aliphatic heterocycles. The number of nitrogens with one attached hydrogen (secondary N) is 1. The summed E-state index contributed by atoms with van der Waals surface area (Å²) in [4.78, 5) is 24.1. The minimum atomic E-state index is -0.975. The Balaban J connectivity index is 1.97. The van der Waals surface area contributed by atoms with Crippen molar-refractivity contribution in [3.8, 4) is 5.75 Å². The van der Waals surface area contributed by atoms with Crippen LogP contribution in [-0.4, -0.2) is 25.1 Å². The van der Waals surface area contributed by atoms with Crippen molar-refractivity contribution < 1.29 is 19.1 Å². The Kier molecular flexibility index (Phi) is 5.65. The largest absolute Gasteiger partial charge is 0.497 e. The lowest BCUT2D eigenvalue weighted by molar-refractivity contribution is -0.123. The van der Waals surface area contributed by atoms with E-state index in [0.29, 0.717) is 16.5 Å². The molecular formula is C17H17ClN2O4. The predicted molar refractivity (Wildman–Crippen MR) is 92.4 cm³/mol. The predicted octanol–water partition coefficient (Wildman–Crippen LogP) is 3.11. The number of carbonyl (C=O) groups is 2. The second-order valence-corrected chi connectivity index (χ2v) is 5.41. The molecule has 0 fully saturated rings. The van der Waals surface area contributed by atoms with Crippen molar-refractivity contribution in [3.63, 3.8) is 0 Å². The molecule has 1 unspecified atom stereocenters. The molecule has 0 saturated carbocycles. The van der Waals surface area contributed by atoms with Crippen LogP contribution in [-0.2, 0) is 9.53 Å².